The number of carboxylic acid groups (broad SMARTS) is 1. The zero-order valence-corrected chi connectivity index (χ0v) is 21.9. The van der Waals surface area contributed by atoms with Gasteiger partial charge in [-0.2, -0.15) is 0 Å². The molecule has 6 heteroatoms. The zero-order valence-electron chi connectivity index (χ0n) is 21.2. The van der Waals surface area contributed by atoms with Crippen molar-refractivity contribution in [3.05, 3.63) is 48.6 Å². The van der Waals surface area contributed by atoms with E-state index in [1.807, 2.05) is 21.1 Å². The van der Waals surface area contributed by atoms with Gasteiger partial charge in [0.15, 0.2) is 6.10 Å². The van der Waals surface area contributed by atoms with Crippen LogP contribution in [0.3, 0.4) is 0 Å². The fourth-order valence-corrected chi connectivity index (χ4v) is 3.12. The third-order valence-corrected chi connectivity index (χ3v) is 4.66. The molecule has 0 saturated carbocycles. The number of carbonyl (C=O) groups is 2. The van der Waals surface area contributed by atoms with Crippen molar-refractivity contribution in [1.29, 1.82) is 0 Å². The van der Waals surface area contributed by atoms with E-state index in [9.17, 15) is 9.59 Å². The Hall–Kier alpha value is -1.85. The van der Waals surface area contributed by atoms with Crippen LogP contribution in [0.1, 0.15) is 77.6 Å². The number of halogens is 1. The lowest BCUT2D eigenvalue weighted by molar-refractivity contribution is -0.873. The number of aliphatic carboxylic acids is 1. The van der Waals surface area contributed by atoms with Crippen LogP contribution in [-0.4, -0.2) is 55.3 Å². The highest BCUT2D eigenvalue weighted by Crippen LogP contribution is 2.08. The summed E-state index contributed by atoms with van der Waals surface area (Å²) in [7, 11) is 5.85. The van der Waals surface area contributed by atoms with Crippen molar-refractivity contribution < 1.29 is 36.3 Å². The molecule has 0 rings (SSSR count). The summed E-state index contributed by atoms with van der Waals surface area (Å²) < 4.78 is 5.93. The Labute approximate surface area is 208 Å². The average Bonchev–Trinajstić information content (AvgIpc) is 2.68. The van der Waals surface area contributed by atoms with Crippen molar-refractivity contribution in [3.63, 3.8) is 0 Å². The van der Waals surface area contributed by atoms with Gasteiger partial charge in [0.05, 0.1) is 27.6 Å². The third kappa shape index (κ3) is 26.3. The van der Waals surface area contributed by atoms with Crippen LogP contribution in [0, 0.1) is 0 Å². The smallest absolute Gasteiger partial charge is 0.307 e. The number of ether oxygens (including phenoxy) is 1. The topological polar surface area (TPSA) is 63.6 Å². The zero-order chi connectivity index (χ0) is 24.1. The molecular weight excluding hydrogens is 438 g/mol. The normalized spacial score (nSPS) is 13.2. The van der Waals surface area contributed by atoms with Gasteiger partial charge in [-0.3, -0.25) is 9.59 Å². The molecule has 0 spiro atoms. The van der Waals surface area contributed by atoms with Gasteiger partial charge in [-0.1, -0.05) is 68.4 Å². The van der Waals surface area contributed by atoms with Crippen LogP contribution in [0.15, 0.2) is 48.6 Å². The maximum Gasteiger partial charge on any atom is 0.307 e. The van der Waals surface area contributed by atoms with E-state index < -0.39 is 12.1 Å². The van der Waals surface area contributed by atoms with Crippen LogP contribution < -0.4 is 12.4 Å². The number of nitrogens with zero attached hydrogens (tertiary/aromatic N) is 1. The van der Waals surface area contributed by atoms with Gasteiger partial charge in [0.25, 0.3) is 0 Å². The van der Waals surface area contributed by atoms with Gasteiger partial charge >= 0.3 is 11.9 Å². The number of esters is 1. The number of carbonyl (C=O) groups excluding carboxylic acids is 1. The van der Waals surface area contributed by atoms with Crippen LogP contribution >= 0.6 is 0 Å². The molecule has 0 fully saturated rings. The number of quaternary nitrogens is 1. The van der Waals surface area contributed by atoms with E-state index in [1.54, 1.807) is 0 Å². The van der Waals surface area contributed by atoms with E-state index in [4.69, 9.17) is 9.84 Å². The molecule has 1 atom stereocenters. The quantitative estimate of drug-likeness (QED) is 0.133. The van der Waals surface area contributed by atoms with Crippen molar-refractivity contribution in [1.82, 2.24) is 0 Å². The Bertz CT molecular complexity index is 618. The van der Waals surface area contributed by atoms with Crippen molar-refractivity contribution in [3.8, 4) is 0 Å². The lowest BCUT2D eigenvalue weighted by Crippen LogP contribution is -3.00. The molecule has 0 aliphatic rings. The van der Waals surface area contributed by atoms with Crippen molar-refractivity contribution in [2.45, 2.75) is 83.7 Å². The van der Waals surface area contributed by atoms with Crippen molar-refractivity contribution in [2.75, 3.05) is 27.7 Å². The molecule has 190 valence electrons. The number of carboxylic acids is 1. The van der Waals surface area contributed by atoms with Crippen molar-refractivity contribution in [2.24, 2.45) is 0 Å². The van der Waals surface area contributed by atoms with Gasteiger partial charge in [0, 0.05) is 6.42 Å². The van der Waals surface area contributed by atoms with E-state index in [-0.39, 0.29) is 24.8 Å². The molecule has 0 bridgehead atoms. The summed E-state index contributed by atoms with van der Waals surface area (Å²) in [6.07, 6.45) is 26.4. The number of allylic oxidation sites excluding steroid dienone is 8. The molecule has 0 aromatic rings. The van der Waals surface area contributed by atoms with Crippen LogP contribution in [0.25, 0.3) is 0 Å². The second-order valence-electron chi connectivity index (χ2n) is 9.16. The minimum Gasteiger partial charge on any atom is -1.00 e. The number of unbranched alkanes of at least 4 members (excludes halogenated alkanes) is 4. The van der Waals surface area contributed by atoms with Gasteiger partial charge in [0.2, 0.25) is 0 Å². The van der Waals surface area contributed by atoms with Gasteiger partial charge in [0.1, 0.15) is 6.54 Å². The molecular formula is C27H46ClNO4. The highest BCUT2D eigenvalue weighted by molar-refractivity contribution is 5.71. The molecule has 0 unspecified atom stereocenters. The first-order valence-corrected chi connectivity index (χ1v) is 12.1. The Balaban J connectivity index is 0. The molecule has 0 saturated heterocycles. The summed E-state index contributed by atoms with van der Waals surface area (Å²) >= 11 is 0. The largest absolute Gasteiger partial charge is 1.00 e. The maximum atomic E-state index is 12.0. The fourth-order valence-electron chi connectivity index (χ4n) is 3.12. The van der Waals surface area contributed by atoms with Gasteiger partial charge in [-0.05, 0) is 44.9 Å². The number of hydrogen-bond acceptors (Lipinski definition) is 3. The monoisotopic (exact) mass is 483 g/mol. The lowest BCUT2D eigenvalue weighted by Gasteiger charge is -2.28. The Morgan fingerprint density at radius 3 is 1.76 bits per heavy atom. The second kappa shape index (κ2) is 22.0. The Morgan fingerprint density at radius 1 is 0.818 bits per heavy atom. The summed E-state index contributed by atoms with van der Waals surface area (Å²) in [5, 5.41) is 9.01. The summed E-state index contributed by atoms with van der Waals surface area (Å²) in [6, 6.07) is 0. The SMILES string of the molecule is CCCCCC=CCC=CCC=CCC=CCCCC(=O)O[C@H](CC(=O)O)C[N+](C)(C)C.[Cl-]. The summed E-state index contributed by atoms with van der Waals surface area (Å²) in [4.78, 5) is 23.0. The minimum absolute atomic E-state index is 0. The summed E-state index contributed by atoms with van der Waals surface area (Å²) in [5.41, 5.74) is 0. The highest BCUT2D eigenvalue weighted by atomic mass is 35.5. The number of likely N-dealkylation sites (N-methyl/N-ethyl adjacent to an activating group) is 1. The molecule has 0 aromatic heterocycles. The molecule has 0 aromatic carbocycles. The minimum atomic E-state index is -0.947. The lowest BCUT2D eigenvalue weighted by atomic mass is 10.2. The first-order valence-electron chi connectivity index (χ1n) is 12.1. The van der Waals surface area contributed by atoms with Gasteiger partial charge in [-0.25, -0.2) is 0 Å². The van der Waals surface area contributed by atoms with E-state index in [2.05, 4.69) is 55.5 Å². The first kappa shape index (κ1) is 33.3. The predicted octanol–water partition coefficient (Wildman–Crippen LogP) is 3.23. The molecule has 33 heavy (non-hydrogen) atoms. The van der Waals surface area contributed by atoms with E-state index in [0.29, 0.717) is 23.9 Å². The third-order valence-electron chi connectivity index (χ3n) is 4.66. The van der Waals surface area contributed by atoms with Crippen LogP contribution in [0.4, 0.5) is 0 Å². The molecule has 1 N–H and O–H groups in total. The second-order valence-corrected chi connectivity index (χ2v) is 9.16. The Kier molecular flexibility index (Phi) is 22.2. The number of rotatable bonds is 19. The first-order chi connectivity index (χ1) is 15.2. The molecule has 0 radical (unpaired) electrons. The standard InChI is InChI=1S/C27H45NO4.ClH/c1-5-6-7-8-9-10-11-12-13-14-15-16-17-18-19-20-21-22-27(31)32-25(23-26(29)30)24-28(2,3)4;/h9-10,12-13,15-16,18-19,25H,5-8,11,14,17,20-24H2,1-4H3;1H/t25-;/m1./s1. The number of hydrogen-bond donors (Lipinski definition) is 1. The fraction of sp³-hybridized carbons (Fsp3) is 0.630. The molecule has 5 nitrogen and oxygen atoms in total. The van der Waals surface area contributed by atoms with Gasteiger partial charge < -0.3 is 26.7 Å². The highest BCUT2D eigenvalue weighted by Gasteiger charge is 2.24. The summed E-state index contributed by atoms with van der Waals surface area (Å²) in [5.74, 6) is -1.27. The van der Waals surface area contributed by atoms with E-state index >= 15 is 0 Å². The van der Waals surface area contributed by atoms with E-state index in [0.717, 1.165) is 25.7 Å². The van der Waals surface area contributed by atoms with Crippen LogP contribution in [-0.2, 0) is 14.3 Å². The van der Waals surface area contributed by atoms with Crippen LogP contribution in [0.2, 0.25) is 0 Å². The van der Waals surface area contributed by atoms with Gasteiger partial charge in [-0.15, -0.1) is 0 Å². The molecule has 0 heterocycles. The molecule has 0 aliphatic heterocycles. The average molecular weight is 484 g/mol. The van der Waals surface area contributed by atoms with Crippen molar-refractivity contribution >= 4 is 11.9 Å². The van der Waals surface area contributed by atoms with E-state index in [1.165, 1.54) is 25.7 Å². The predicted molar refractivity (Wildman–Crippen MR) is 133 cm³/mol. The van der Waals surface area contributed by atoms with Crippen LogP contribution in [0.5, 0.6) is 0 Å². The molecule has 0 amide bonds. The molecule has 0 aliphatic carbocycles. The summed E-state index contributed by atoms with van der Waals surface area (Å²) in [6.45, 7) is 2.71. The maximum absolute atomic E-state index is 12.0. The Morgan fingerprint density at radius 2 is 1.30 bits per heavy atom.